The van der Waals surface area contributed by atoms with Crippen molar-refractivity contribution in [1.29, 1.82) is 0 Å². The zero-order valence-corrected chi connectivity index (χ0v) is 16.3. The van der Waals surface area contributed by atoms with Crippen LogP contribution in [0.4, 0.5) is 0 Å². The number of ether oxygens (including phenoxy) is 1. The largest absolute Gasteiger partial charge is 0.373 e. The number of hydrogen-bond donors (Lipinski definition) is 1. The molecule has 0 aliphatic carbocycles. The standard InChI is InChI=1S/C19H37N3O2/c1-6-17(21-9-7-8-10-21)11-20-19(23)18(14(2)3)22-12-15(4)24-16(5)13-22/h14-18H,6-13H2,1-5H3,(H,20,23)/t15-,16-,17+,18-/m0/s1. The first-order chi connectivity index (χ1) is 11.4. The monoisotopic (exact) mass is 339 g/mol. The first-order valence-corrected chi connectivity index (χ1v) is 9.83. The highest BCUT2D eigenvalue weighted by molar-refractivity contribution is 5.82. The molecule has 0 aromatic rings. The van der Waals surface area contributed by atoms with Gasteiger partial charge in [-0.2, -0.15) is 0 Å². The second kappa shape index (κ2) is 9.16. The molecule has 24 heavy (non-hydrogen) atoms. The van der Waals surface area contributed by atoms with Gasteiger partial charge in [0.2, 0.25) is 5.91 Å². The maximum absolute atomic E-state index is 12.9. The Morgan fingerprint density at radius 2 is 1.71 bits per heavy atom. The van der Waals surface area contributed by atoms with Crippen LogP contribution in [0.2, 0.25) is 0 Å². The average Bonchev–Trinajstić information content (AvgIpc) is 3.01. The van der Waals surface area contributed by atoms with Crippen molar-refractivity contribution in [2.75, 3.05) is 32.7 Å². The Labute approximate surface area is 148 Å². The predicted octanol–water partition coefficient (Wildman–Crippen LogP) is 2.11. The van der Waals surface area contributed by atoms with Crippen LogP contribution in [0, 0.1) is 5.92 Å². The number of likely N-dealkylation sites (tertiary alicyclic amines) is 1. The van der Waals surface area contributed by atoms with Gasteiger partial charge >= 0.3 is 0 Å². The van der Waals surface area contributed by atoms with Crippen LogP contribution in [-0.2, 0) is 9.53 Å². The molecule has 2 rings (SSSR count). The SMILES string of the molecule is CC[C@H](CNC(=O)[C@H](C(C)C)N1C[C@H](C)O[C@@H](C)C1)N1CCCC1. The van der Waals surface area contributed by atoms with Crippen LogP contribution in [0.25, 0.3) is 0 Å². The van der Waals surface area contributed by atoms with Gasteiger partial charge in [-0.05, 0) is 52.1 Å². The van der Waals surface area contributed by atoms with E-state index in [1.54, 1.807) is 0 Å². The van der Waals surface area contributed by atoms with Gasteiger partial charge in [-0.15, -0.1) is 0 Å². The van der Waals surface area contributed by atoms with E-state index in [9.17, 15) is 4.79 Å². The first kappa shape index (κ1) is 19.7. The fraction of sp³-hybridized carbons (Fsp3) is 0.947. The molecule has 0 bridgehead atoms. The molecule has 0 aromatic heterocycles. The molecule has 0 spiro atoms. The van der Waals surface area contributed by atoms with Crippen LogP contribution in [0.5, 0.6) is 0 Å². The Bertz CT molecular complexity index is 386. The zero-order chi connectivity index (χ0) is 17.7. The highest BCUT2D eigenvalue weighted by Crippen LogP contribution is 2.19. The van der Waals surface area contributed by atoms with Gasteiger partial charge in [0.15, 0.2) is 0 Å². The van der Waals surface area contributed by atoms with Crippen LogP contribution in [0.1, 0.15) is 53.9 Å². The topological polar surface area (TPSA) is 44.8 Å². The predicted molar refractivity (Wildman–Crippen MR) is 98.1 cm³/mol. The molecule has 2 fully saturated rings. The number of carbonyl (C=O) groups is 1. The molecule has 0 saturated carbocycles. The highest BCUT2D eigenvalue weighted by atomic mass is 16.5. The maximum Gasteiger partial charge on any atom is 0.237 e. The fourth-order valence-electron chi connectivity index (χ4n) is 4.30. The van der Waals surface area contributed by atoms with Crippen LogP contribution in [0.3, 0.4) is 0 Å². The van der Waals surface area contributed by atoms with Crippen LogP contribution < -0.4 is 5.32 Å². The Morgan fingerprint density at radius 1 is 1.12 bits per heavy atom. The lowest BCUT2D eigenvalue weighted by Gasteiger charge is -2.41. The number of rotatable bonds is 7. The highest BCUT2D eigenvalue weighted by Gasteiger charge is 2.34. The molecule has 5 heteroatoms. The van der Waals surface area contributed by atoms with Crippen LogP contribution in [-0.4, -0.2) is 72.7 Å². The third-order valence-corrected chi connectivity index (χ3v) is 5.38. The third-order valence-electron chi connectivity index (χ3n) is 5.38. The quantitative estimate of drug-likeness (QED) is 0.772. The first-order valence-electron chi connectivity index (χ1n) is 9.83. The van der Waals surface area contributed by atoms with Crippen molar-refractivity contribution in [3.8, 4) is 0 Å². The van der Waals surface area contributed by atoms with Gasteiger partial charge in [-0.3, -0.25) is 14.6 Å². The zero-order valence-electron chi connectivity index (χ0n) is 16.3. The molecular formula is C19H37N3O2. The van der Waals surface area contributed by atoms with Crippen LogP contribution in [0.15, 0.2) is 0 Å². The lowest BCUT2D eigenvalue weighted by Crippen LogP contribution is -2.58. The van der Waals surface area contributed by atoms with E-state index < -0.39 is 0 Å². The van der Waals surface area contributed by atoms with Gasteiger partial charge in [0.05, 0.1) is 18.2 Å². The molecule has 2 saturated heterocycles. The summed E-state index contributed by atoms with van der Waals surface area (Å²) in [5.41, 5.74) is 0. The number of morpholine rings is 1. The number of hydrogen-bond acceptors (Lipinski definition) is 4. The van der Waals surface area contributed by atoms with Crippen molar-refractivity contribution in [3.05, 3.63) is 0 Å². The van der Waals surface area contributed by atoms with Crippen LogP contribution >= 0.6 is 0 Å². The molecule has 0 unspecified atom stereocenters. The summed E-state index contributed by atoms with van der Waals surface area (Å²) in [5, 5.41) is 3.26. The smallest absolute Gasteiger partial charge is 0.237 e. The summed E-state index contributed by atoms with van der Waals surface area (Å²) in [6.45, 7) is 15.5. The van der Waals surface area contributed by atoms with E-state index in [0.29, 0.717) is 12.0 Å². The molecule has 0 radical (unpaired) electrons. The van der Waals surface area contributed by atoms with Gasteiger partial charge in [0, 0.05) is 25.7 Å². The Morgan fingerprint density at radius 3 is 2.21 bits per heavy atom. The second-order valence-corrected chi connectivity index (χ2v) is 7.95. The molecule has 2 aliphatic heterocycles. The number of nitrogens with zero attached hydrogens (tertiary/aromatic N) is 2. The molecule has 2 heterocycles. The van der Waals surface area contributed by atoms with Crippen molar-refractivity contribution in [2.24, 2.45) is 5.92 Å². The molecule has 0 aromatic carbocycles. The van der Waals surface area contributed by atoms with Gasteiger partial charge in [0.25, 0.3) is 0 Å². The minimum atomic E-state index is -0.0603. The van der Waals surface area contributed by atoms with E-state index in [4.69, 9.17) is 4.74 Å². The van der Waals surface area contributed by atoms with Crippen molar-refractivity contribution in [3.63, 3.8) is 0 Å². The minimum absolute atomic E-state index is 0.0603. The summed E-state index contributed by atoms with van der Waals surface area (Å²) in [4.78, 5) is 17.8. The summed E-state index contributed by atoms with van der Waals surface area (Å²) >= 11 is 0. The van der Waals surface area contributed by atoms with Gasteiger partial charge in [-0.25, -0.2) is 0 Å². The van der Waals surface area contributed by atoms with E-state index in [2.05, 4.69) is 49.7 Å². The average molecular weight is 340 g/mol. The summed E-state index contributed by atoms with van der Waals surface area (Å²) < 4.78 is 5.83. The minimum Gasteiger partial charge on any atom is -0.373 e. The summed E-state index contributed by atoms with van der Waals surface area (Å²) in [5.74, 6) is 0.485. The van der Waals surface area contributed by atoms with Gasteiger partial charge < -0.3 is 10.1 Å². The molecule has 140 valence electrons. The van der Waals surface area contributed by atoms with E-state index in [0.717, 1.165) is 26.1 Å². The van der Waals surface area contributed by atoms with E-state index in [1.807, 2.05) is 0 Å². The lowest BCUT2D eigenvalue weighted by molar-refractivity contribution is -0.135. The summed E-state index contributed by atoms with van der Waals surface area (Å²) in [7, 11) is 0. The third kappa shape index (κ3) is 5.17. The van der Waals surface area contributed by atoms with Gasteiger partial charge in [0.1, 0.15) is 0 Å². The summed E-state index contributed by atoms with van der Waals surface area (Å²) in [6.07, 6.45) is 4.07. The Balaban J connectivity index is 1.93. The fourth-order valence-corrected chi connectivity index (χ4v) is 4.30. The van der Waals surface area contributed by atoms with E-state index in [-0.39, 0.29) is 24.2 Å². The summed E-state index contributed by atoms with van der Waals surface area (Å²) in [6, 6.07) is 0.418. The molecular weight excluding hydrogens is 302 g/mol. The van der Waals surface area contributed by atoms with Crippen molar-refractivity contribution in [2.45, 2.75) is 78.2 Å². The van der Waals surface area contributed by atoms with E-state index >= 15 is 0 Å². The van der Waals surface area contributed by atoms with E-state index in [1.165, 1.54) is 25.9 Å². The molecule has 1 N–H and O–H groups in total. The molecule has 4 atom stereocenters. The second-order valence-electron chi connectivity index (χ2n) is 7.95. The molecule has 1 amide bonds. The maximum atomic E-state index is 12.9. The Hall–Kier alpha value is -0.650. The van der Waals surface area contributed by atoms with Gasteiger partial charge in [-0.1, -0.05) is 20.8 Å². The van der Waals surface area contributed by atoms with Crippen molar-refractivity contribution in [1.82, 2.24) is 15.1 Å². The number of nitrogens with one attached hydrogen (secondary N) is 1. The number of amides is 1. The van der Waals surface area contributed by atoms with Crippen molar-refractivity contribution < 1.29 is 9.53 Å². The van der Waals surface area contributed by atoms with Crippen molar-refractivity contribution >= 4 is 5.91 Å². The Kier molecular flexibility index (Phi) is 7.51. The molecule has 5 nitrogen and oxygen atoms in total. The lowest BCUT2D eigenvalue weighted by atomic mass is 9.99. The normalized spacial score (nSPS) is 28.9. The molecule has 2 aliphatic rings. The number of carbonyl (C=O) groups excluding carboxylic acids is 1.